The van der Waals surface area contributed by atoms with Crippen molar-refractivity contribution in [2.24, 2.45) is 17.3 Å². The van der Waals surface area contributed by atoms with Crippen molar-refractivity contribution in [3.63, 3.8) is 0 Å². The van der Waals surface area contributed by atoms with Crippen molar-refractivity contribution in [1.29, 1.82) is 0 Å². The van der Waals surface area contributed by atoms with Crippen molar-refractivity contribution in [3.05, 3.63) is 24.0 Å². The molecule has 2 saturated heterocycles. The van der Waals surface area contributed by atoms with Crippen molar-refractivity contribution in [2.45, 2.75) is 51.5 Å². The van der Waals surface area contributed by atoms with Gasteiger partial charge in [-0.15, -0.1) is 0 Å². The molecule has 1 N–H and O–H groups in total. The van der Waals surface area contributed by atoms with Crippen molar-refractivity contribution < 1.29 is 9.53 Å². The van der Waals surface area contributed by atoms with Crippen LogP contribution in [0.5, 0.6) is 0 Å². The summed E-state index contributed by atoms with van der Waals surface area (Å²) in [6, 6.07) is 4.87. The number of hydrogen-bond donors (Lipinski definition) is 1. The maximum Gasteiger partial charge on any atom is 0.228 e. The summed E-state index contributed by atoms with van der Waals surface area (Å²) in [5, 5.41) is 3.37. The number of nitrogens with one attached hydrogen (secondary N) is 1. The van der Waals surface area contributed by atoms with Crippen LogP contribution in [0.15, 0.2) is 18.3 Å². The Balaban J connectivity index is 1.35. The highest BCUT2D eigenvalue weighted by Crippen LogP contribution is 2.48. The van der Waals surface area contributed by atoms with Gasteiger partial charge in [0, 0.05) is 56.3 Å². The first kappa shape index (κ1) is 20.3. The highest BCUT2D eigenvalue weighted by Gasteiger charge is 2.52. The number of ether oxygens (including phenoxy) is 1. The molecule has 6 nitrogen and oxygen atoms in total. The van der Waals surface area contributed by atoms with E-state index in [2.05, 4.69) is 32.2 Å². The summed E-state index contributed by atoms with van der Waals surface area (Å²) in [5.74, 6) is 1.50. The van der Waals surface area contributed by atoms with Crippen molar-refractivity contribution in [1.82, 2.24) is 15.2 Å². The van der Waals surface area contributed by atoms with E-state index in [9.17, 15) is 4.79 Å². The van der Waals surface area contributed by atoms with E-state index in [1.54, 1.807) is 0 Å². The van der Waals surface area contributed by atoms with Gasteiger partial charge in [-0.05, 0) is 69.4 Å². The van der Waals surface area contributed by atoms with Gasteiger partial charge in [0.05, 0.1) is 18.6 Å². The normalized spacial score (nSPS) is 32.5. The molecule has 0 unspecified atom stereocenters. The van der Waals surface area contributed by atoms with Gasteiger partial charge in [-0.1, -0.05) is 0 Å². The van der Waals surface area contributed by atoms with Crippen molar-refractivity contribution >= 4 is 11.6 Å². The third-order valence-corrected chi connectivity index (χ3v) is 7.99. The summed E-state index contributed by atoms with van der Waals surface area (Å²) in [6.07, 6.45) is 8.81. The van der Waals surface area contributed by atoms with Crippen LogP contribution in [0, 0.1) is 24.2 Å². The van der Waals surface area contributed by atoms with Crippen LogP contribution in [0.1, 0.15) is 44.2 Å². The molecule has 0 radical (unpaired) electrons. The molecule has 1 aromatic heterocycles. The number of nitrogens with zero attached hydrogens (tertiary/aromatic N) is 3. The molecule has 164 valence electrons. The number of hydrogen-bond acceptors (Lipinski definition) is 5. The molecule has 2 saturated carbocycles. The number of piperidine rings is 1. The Labute approximate surface area is 180 Å². The highest BCUT2D eigenvalue weighted by atomic mass is 16.5. The first-order valence-corrected chi connectivity index (χ1v) is 11.9. The zero-order valence-electron chi connectivity index (χ0n) is 18.3. The van der Waals surface area contributed by atoms with Crippen LogP contribution in [-0.2, 0) is 9.53 Å². The molecule has 3 heterocycles. The number of rotatable bonds is 5. The number of carbonyl (C=O) groups excluding carboxylic acids is 1. The summed E-state index contributed by atoms with van der Waals surface area (Å²) in [7, 11) is 0. The van der Waals surface area contributed by atoms with Crippen LogP contribution < -0.4 is 10.2 Å². The monoisotopic (exact) mass is 412 g/mol. The van der Waals surface area contributed by atoms with E-state index in [1.165, 1.54) is 18.5 Å². The van der Waals surface area contributed by atoms with E-state index >= 15 is 0 Å². The number of morpholine rings is 1. The second-order valence-electron chi connectivity index (χ2n) is 9.95. The van der Waals surface area contributed by atoms with E-state index in [-0.39, 0.29) is 5.41 Å². The van der Waals surface area contributed by atoms with Gasteiger partial charge in [0.2, 0.25) is 5.91 Å². The van der Waals surface area contributed by atoms with Crippen LogP contribution in [-0.4, -0.2) is 67.8 Å². The van der Waals surface area contributed by atoms with Gasteiger partial charge in [0.25, 0.3) is 0 Å². The molecule has 0 spiro atoms. The summed E-state index contributed by atoms with van der Waals surface area (Å²) >= 11 is 0. The molecule has 30 heavy (non-hydrogen) atoms. The van der Waals surface area contributed by atoms with E-state index in [4.69, 9.17) is 4.74 Å². The number of anilines is 1. The zero-order valence-corrected chi connectivity index (χ0v) is 18.3. The lowest BCUT2D eigenvalue weighted by molar-refractivity contribution is -0.139. The number of pyridine rings is 1. The van der Waals surface area contributed by atoms with Gasteiger partial charge >= 0.3 is 0 Å². The lowest BCUT2D eigenvalue weighted by Gasteiger charge is -2.53. The van der Waals surface area contributed by atoms with E-state index in [0.29, 0.717) is 17.9 Å². The fraction of sp³-hybridized carbons (Fsp3) is 0.750. The predicted molar refractivity (Wildman–Crippen MR) is 117 cm³/mol. The number of carbonyl (C=O) groups is 1. The average molecular weight is 413 g/mol. The molecule has 2 aliphatic carbocycles. The summed E-state index contributed by atoms with van der Waals surface area (Å²) < 4.78 is 5.57. The lowest BCUT2D eigenvalue weighted by atomic mass is 9.60. The SMILES string of the molecule is Cc1cc(N2CC[C@@H]3C[C@@H](N4CCOCC4)CC[C@@]3(C(=O)NCC3CC3)C2)ccn1. The number of aromatic nitrogens is 1. The van der Waals surface area contributed by atoms with Crippen LogP contribution in [0.25, 0.3) is 0 Å². The zero-order chi connectivity index (χ0) is 20.6. The minimum atomic E-state index is -0.257. The van der Waals surface area contributed by atoms with Crippen molar-refractivity contribution in [3.8, 4) is 0 Å². The van der Waals surface area contributed by atoms with E-state index < -0.39 is 0 Å². The maximum absolute atomic E-state index is 13.6. The molecular weight excluding hydrogens is 376 g/mol. The number of aryl methyl sites for hydroxylation is 1. The fourth-order valence-corrected chi connectivity index (χ4v) is 5.96. The molecule has 0 bridgehead atoms. The predicted octanol–water partition coefficient (Wildman–Crippen LogP) is 2.61. The Bertz CT molecular complexity index is 761. The fourth-order valence-electron chi connectivity index (χ4n) is 5.96. The minimum absolute atomic E-state index is 0.257. The molecule has 3 atom stereocenters. The molecule has 5 rings (SSSR count). The van der Waals surface area contributed by atoms with Gasteiger partial charge in [-0.2, -0.15) is 0 Å². The Kier molecular flexibility index (Phi) is 5.71. The standard InChI is InChI=1S/C24H36N4O2/c1-18-14-22(5-8-25-18)28-9-6-20-15-21(27-10-12-30-13-11-27)4-7-24(20,17-28)23(29)26-16-19-2-3-19/h5,8,14,19-21H,2-4,6-7,9-13,15-17H2,1H3,(H,26,29)/t20-,21+,24-/m1/s1. The Morgan fingerprint density at radius 1 is 1.23 bits per heavy atom. The average Bonchev–Trinajstić information content (AvgIpc) is 3.62. The lowest BCUT2D eigenvalue weighted by Crippen LogP contribution is -2.61. The second kappa shape index (κ2) is 8.46. The minimum Gasteiger partial charge on any atom is -0.379 e. The van der Waals surface area contributed by atoms with Crippen LogP contribution in [0.3, 0.4) is 0 Å². The van der Waals surface area contributed by atoms with Gasteiger partial charge in [-0.25, -0.2) is 0 Å². The molecule has 2 aliphatic heterocycles. The Morgan fingerprint density at radius 3 is 2.83 bits per heavy atom. The van der Waals surface area contributed by atoms with Gasteiger partial charge < -0.3 is 15.0 Å². The quantitative estimate of drug-likeness (QED) is 0.806. The molecular formula is C24H36N4O2. The van der Waals surface area contributed by atoms with Crippen LogP contribution in [0.4, 0.5) is 5.69 Å². The largest absolute Gasteiger partial charge is 0.379 e. The first-order chi connectivity index (χ1) is 14.6. The maximum atomic E-state index is 13.6. The van der Waals surface area contributed by atoms with Crippen LogP contribution >= 0.6 is 0 Å². The topological polar surface area (TPSA) is 57.7 Å². The van der Waals surface area contributed by atoms with Crippen LogP contribution in [0.2, 0.25) is 0 Å². The molecule has 4 aliphatic rings. The smallest absolute Gasteiger partial charge is 0.228 e. The number of fused-ring (bicyclic) bond motifs is 1. The van der Waals surface area contributed by atoms with E-state index in [1.807, 2.05) is 13.1 Å². The van der Waals surface area contributed by atoms with Gasteiger partial charge in [0.1, 0.15) is 0 Å². The third kappa shape index (κ3) is 4.09. The Morgan fingerprint density at radius 2 is 2.07 bits per heavy atom. The molecule has 1 amide bonds. The van der Waals surface area contributed by atoms with Crippen molar-refractivity contribution in [2.75, 3.05) is 50.8 Å². The number of amides is 1. The van der Waals surface area contributed by atoms with Gasteiger partial charge in [0.15, 0.2) is 0 Å². The van der Waals surface area contributed by atoms with Gasteiger partial charge in [-0.3, -0.25) is 14.7 Å². The summed E-state index contributed by atoms with van der Waals surface area (Å²) in [6.45, 7) is 8.57. The summed E-state index contributed by atoms with van der Waals surface area (Å²) in [4.78, 5) is 23.1. The Hall–Kier alpha value is -1.66. The third-order valence-electron chi connectivity index (χ3n) is 7.99. The summed E-state index contributed by atoms with van der Waals surface area (Å²) in [5.41, 5.74) is 2.00. The molecule has 1 aromatic rings. The molecule has 4 fully saturated rings. The molecule has 6 heteroatoms. The first-order valence-electron chi connectivity index (χ1n) is 11.9. The molecule has 0 aromatic carbocycles. The second-order valence-corrected chi connectivity index (χ2v) is 9.95. The van der Waals surface area contributed by atoms with E-state index in [0.717, 1.165) is 83.2 Å². The highest BCUT2D eigenvalue weighted by molar-refractivity contribution is 5.84.